The van der Waals surface area contributed by atoms with Crippen LogP contribution in [0.3, 0.4) is 0 Å². The summed E-state index contributed by atoms with van der Waals surface area (Å²) in [6.07, 6.45) is 0. The molecule has 4 nitrogen and oxygen atoms in total. The van der Waals surface area contributed by atoms with Gasteiger partial charge in [-0.25, -0.2) is 5.43 Å². The highest BCUT2D eigenvalue weighted by Crippen LogP contribution is 2.21. The predicted molar refractivity (Wildman–Crippen MR) is 91.9 cm³/mol. The molecule has 0 unspecified atom stereocenters. The van der Waals surface area contributed by atoms with E-state index in [1.54, 1.807) is 0 Å². The van der Waals surface area contributed by atoms with Crippen LogP contribution in [0.1, 0.15) is 18.1 Å². The smallest absolute Gasteiger partial charge is 0.123 e. The van der Waals surface area contributed by atoms with E-state index in [0.717, 1.165) is 24.5 Å². The van der Waals surface area contributed by atoms with E-state index in [2.05, 4.69) is 48.0 Å². The third-order valence-electron chi connectivity index (χ3n) is 3.21. The molecule has 4 heteroatoms. The van der Waals surface area contributed by atoms with Crippen molar-refractivity contribution >= 4 is 5.69 Å². The Bertz CT molecular complexity index is 570. The van der Waals surface area contributed by atoms with Gasteiger partial charge in [0.25, 0.3) is 0 Å². The van der Waals surface area contributed by atoms with Gasteiger partial charge in [0.15, 0.2) is 0 Å². The van der Waals surface area contributed by atoms with Crippen molar-refractivity contribution in [3.8, 4) is 5.75 Å². The van der Waals surface area contributed by atoms with Gasteiger partial charge in [0.2, 0.25) is 0 Å². The van der Waals surface area contributed by atoms with Crippen LogP contribution >= 0.6 is 0 Å². The fourth-order valence-corrected chi connectivity index (χ4v) is 2.27. The number of hydrazine groups is 1. The first-order valence-electron chi connectivity index (χ1n) is 7.62. The zero-order valence-corrected chi connectivity index (χ0v) is 13.6. The molecule has 0 radical (unpaired) electrons. The number of benzene rings is 2. The molecule has 0 aliphatic heterocycles. The maximum Gasteiger partial charge on any atom is 0.123 e. The molecule has 2 aromatic rings. The predicted octanol–water partition coefficient (Wildman–Crippen LogP) is 3.26. The third-order valence-corrected chi connectivity index (χ3v) is 3.21. The van der Waals surface area contributed by atoms with Crippen molar-refractivity contribution < 1.29 is 4.74 Å². The summed E-state index contributed by atoms with van der Waals surface area (Å²) in [6, 6.07) is 16.4. The fourth-order valence-electron chi connectivity index (χ4n) is 2.27. The lowest BCUT2D eigenvalue weighted by Crippen LogP contribution is -2.21. The molecule has 0 amide bonds. The molecule has 0 saturated heterocycles. The van der Waals surface area contributed by atoms with E-state index in [-0.39, 0.29) is 0 Å². The van der Waals surface area contributed by atoms with Crippen LogP contribution in [-0.4, -0.2) is 25.6 Å². The molecule has 2 rings (SSSR count). The lowest BCUT2D eigenvalue weighted by atomic mass is 10.1. The van der Waals surface area contributed by atoms with Crippen LogP contribution in [0, 0.1) is 0 Å². The summed E-state index contributed by atoms with van der Waals surface area (Å²) in [5.74, 6) is 0.968. The van der Waals surface area contributed by atoms with E-state index in [4.69, 9.17) is 4.74 Å². The van der Waals surface area contributed by atoms with Crippen molar-refractivity contribution in [2.75, 3.05) is 26.1 Å². The summed E-state index contributed by atoms with van der Waals surface area (Å²) in [5, 5.41) is 0. The third kappa shape index (κ3) is 5.06. The van der Waals surface area contributed by atoms with Crippen LogP contribution in [0.5, 0.6) is 5.75 Å². The van der Waals surface area contributed by atoms with Crippen LogP contribution < -0.4 is 15.6 Å². The van der Waals surface area contributed by atoms with Crippen molar-refractivity contribution in [3.63, 3.8) is 0 Å². The standard InChI is InChI=1S/C18H25N3O/c1-4-22-18-11-10-15(12-16(18)14-21(2)3)13-19-20-17-8-6-5-7-9-17/h5-12,19-20H,4,13-14H2,1-3H3. The number of nitrogens with zero attached hydrogens (tertiary/aromatic N) is 1. The quantitative estimate of drug-likeness (QED) is 0.734. The first-order chi connectivity index (χ1) is 10.7. The molecule has 118 valence electrons. The number of hydrogen-bond donors (Lipinski definition) is 2. The number of para-hydroxylation sites is 1. The minimum atomic E-state index is 0.688. The molecule has 2 aromatic carbocycles. The average molecular weight is 299 g/mol. The van der Waals surface area contributed by atoms with E-state index < -0.39 is 0 Å². The molecule has 22 heavy (non-hydrogen) atoms. The molecule has 0 heterocycles. The summed E-state index contributed by atoms with van der Waals surface area (Å²) < 4.78 is 5.70. The minimum Gasteiger partial charge on any atom is -0.494 e. The molecule has 0 aliphatic carbocycles. The van der Waals surface area contributed by atoms with Gasteiger partial charge < -0.3 is 15.1 Å². The van der Waals surface area contributed by atoms with Crippen LogP contribution in [0.25, 0.3) is 0 Å². The van der Waals surface area contributed by atoms with Crippen molar-refractivity contribution in [1.29, 1.82) is 0 Å². The van der Waals surface area contributed by atoms with E-state index in [1.807, 2.05) is 37.3 Å². The van der Waals surface area contributed by atoms with Crippen molar-refractivity contribution in [1.82, 2.24) is 10.3 Å². The summed E-state index contributed by atoms with van der Waals surface area (Å²) in [7, 11) is 4.13. The van der Waals surface area contributed by atoms with Gasteiger partial charge in [-0.05, 0) is 50.8 Å². The number of ether oxygens (including phenoxy) is 1. The van der Waals surface area contributed by atoms with Crippen LogP contribution in [0.15, 0.2) is 48.5 Å². The number of rotatable bonds is 8. The number of hydrogen-bond acceptors (Lipinski definition) is 4. The SMILES string of the molecule is CCOc1ccc(CNNc2ccccc2)cc1CN(C)C. The van der Waals surface area contributed by atoms with Gasteiger partial charge in [0.05, 0.1) is 6.61 Å². The molecule has 0 aliphatic rings. The lowest BCUT2D eigenvalue weighted by molar-refractivity contribution is 0.324. The van der Waals surface area contributed by atoms with Gasteiger partial charge in [-0.15, -0.1) is 0 Å². The second-order valence-corrected chi connectivity index (χ2v) is 5.46. The second kappa shape index (κ2) is 8.41. The fraction of sp³-hybridized carbons (Fsp3) is 0.333. The van der Waals surface area contributed by atoms with Gasteiger partial charge in [0.1, 0.15) is 5.75 Å². The first-order valence-corrected chi connectivity index (χ1v) is 7.62. The Kier molecular flexibility index (Phi) is 6.25. The normalized spacial score (nSPS) is 10.7. The molecule has 2 N–H and O–H groups in total. The Labute approximate surface area is 133 Å². The van der Waals surface area contributed by atoms with Crippen molar-refractivity contribution in [2.45, 2.75) is 20.0 Å². The first kappa shape index (κ1) is 16.3. The number of nitrogens with one attached hydrogen (secondary N) is 2. The molecule has 0 aromatic heterocycles. The minimum absolute atomic E-state index is 0.688. The molecular formula is C18H25N3O. The monoisotopic (exact) mass is 299 g/mol. The highest BCUT2D eigenvalue weighted by Gasteiger charge is 2.06. The Balaban J connectivity index is 1.98. The highest BCUT2D eigenvalue weighted by molar-refractivity contribution is 5.41. The van der Waals surface area contributed by atoms with Crippen LogP contribution in [0.4, 0.5) is 5.69 Å². The Hall–Kier alpha value is -2.04. The van der Waals surface area contributed by atoms with E-state index in [9.17, 15) is 0 Å². The van der Waals surface area contributed by atoms with Crippen LogP contribution in [-0.2, 0) is 13.1 Å². The van der Waals surface area contributed by atoms with Gasteiger partial charge in [-0.1, -0.05) is 24.3 Å². The summed E-state index contributed by atoms with van der Waals surface area (Å²) in [4.78, 5) is 2.15. The zero-order valence-electron chi connectivity index (χ0n) is 13.6. The average Bonchev–Trinajstić information content (AvgIpc) is 2.50. The largest absolute Gasteiger partial charge is 0.494 e. The van der Waals surface area contributed by atoms with Crippen LogP contribution in [0.2, 0.25) is 0 Å². The summed E-state index contributed by atoms with van der Waals surface area (Å²) in [6.45, 7) is 4.32. The van der Waals surface area contributed by atoms with Crippen molar-refractivity contribution in [2.24, 2.45) is 0 Å². The summed E-state index contributed by atoms with van der Waals surface area (Å²) >= 11 is 0. The molecular weight excluding hydrogens is 274 g/mol. The van der Waals surface area contributed by atoms with Gasteiger partial charge in [-0.3, -0.25) is 0 Å². The Morgan fingerprint density at radius 1 is 1.05 bits per heavy atom. The van der Waals surface area contributed by atoms with Gasteiger partial charge >= 0.3 is 0 Å². The lowest BCUT2D eigenvalue weighted by Gasteiger charge is -2.16. The molecule has 0 fully saturated rings. The molecule has 0 bridgehead atoms. The topological polar surface area (TPSA) is 36.5 Å². The maximum absolute atomic E-state index is 5.70. The van der Waals surface area contributed by atoms with Gasteiger partial charge in [-0.2, -0.15) is 0 Å². The van der Waals surface area contributed by atoms with Gasteiger partial charge in [0, 0.05) is 24.3 Å². The van der Waals surface area contributed by atoms with E-state index >= 15 is 0 Å². The Morgan fingerprint density at radius 3 is 2.50 bits per heavy atom. The van der Waals surface area contributed by atoms with E-state index in [1.165, 1.54) is 11.1 Å². The van der Waals surface area contributed by atoms with Crippen molar-refractivity contribution in [3.05, 3.63) is 59.7 Å². The molecule has 0 saturated carbocycles. The highest BCUT2D eigenvalue weighted by atomic mass is 16.5. The summed E-state index contributed by atoms with van der Waals surface area (Å²) in [5.41, 5.74) is 9.94. The second-order valence-electron chi connectivity index (χ2n) is 5.46. The number of anilines is 1. The van der Waals surface area contributed by atoms with E-state index in [0.29, 0.717) is 6.61 Å². The molecule has 0 atom stereocenters. The molecule has 0 spiro atoms. The maximum atomic E-state index is 5.70. The zero-order chi connectivity index (χ0) is 15.8. The Morgan fingerprint density at radius 2 is 1.82 bits per heavy atom.